The zero-order valence-corrected chi connectivity index (χ0v) is 44.6. The van der Waals surface area contributed by atoms with Gasteiger partial charge >= 0.3 is 47.8 Å². The molecular weight excluding hydrogens is 1220 g/mol. The van der Waals surface area contributed by atoms with Gasteiger partial charge in [0.05, 0.1) is 11.1 Å². The summed E-state index contributed by atoms with van der Waals surface area (Å²) in [5.41, 5.74) is -2.47. The molecule has 0 saturated carbocycles. The topological polar surface area (TPSA) is 663 Å². The second-order valence-electron chi connectivity index (χ2n) is 16.3. The lowest BCUT2D eigenvalue weighted by Crippen LogP contribution is -1.96. The van der Waals surface area contributed by atoms with Crippen molar-refractivity contribution in [2.45, 2.75) is 0 Å². The van der Waals surface area contributed by atoms with Crippen molar-refractivity contribution >= 4 is 47.8 Å². The van der Waals surface area contributed by atoms with Gasteiger partial charge in [-0.25, -0.2) is 38.4 Å². The van der Waals surface area contributed by atoms with E-state index >= 15 is 0 Å². The largest absolute Gasteiger partial charge is 0.508 e. The number of para-hydroxylation sites is 1. The maximum absolute atomic E-state index is 10.3. The van der Waals surface area contributed by atoms with Crippen LogP contribution in [-0.2, 0) is 0 Å². The molecule has 0 heterocycles. The summed E-state index contributed by atoms with van der Waals surface area (Å²) in [7, 11) is 0. The number of carbonyl (C=O) groups is 8. The van der Waals surface area contributed by atoms with Crippen molar-refractivity contribution in [3.05, 3.63) is 178 Å². The van der Waals surface area contributed by atoms with Crippen molar-refractivity contribution < 1.29 is 171 Å². The first kappa shape index (κ1) is 73.9. The highest BCUT2D eigenvalue weighted by molar-refractivity contribution is 5.95. The lowest BCUT2D eigenvalue weighted by Gasteiger charge is -2.02. The first-order valence-corrected chi connectivity index (χ1v) is 23.2. The van der Waals surface area contributed by atoms with Crippen LogP contribution in [0.3, 0.4) is 0 Å². The zero-order valence-electron chi connectivity index (χ0n) is 44.6. The zero-order chi connectivity index (χ0) is 69.2. The first-order chi connectivity index (χ1) is 41.7. The Kier molecular flexibility index (Phi) is 27.8. The quantitative estimate of drug-likeness (QED) is 0.0633. The number of aromatic hydroxyl groups is 18. The highest BCUT2D eigenvalue weighted by Crippen LogP contribution is 2.37. The van der Waals surface area contributed by atoms with Gasteiger partial charge in [-0.15, -0.1) is 0 Å². The number of rotatable bonds is 8. The average Bonchev–Trinajstić information content (AvgIpc) is 1.55. The fourth-order valence-electron chi connectivity index (χ4n) is 5.73. The molecule has 8 aromatic carbocycles. The Morgan fingerprint density at radius 3 is 1.01 bits per heavy atom. The van der Waals surface area contributed by atoms with Crippen LogP contribution in [0.4, 0.5) is 0 Å². The van der Waals surface area contributed by atoms with E-state index < -0.39 is 133 Å². The number of carboxylic acid groups (broad SMARTS) is 8. The summed E-state index contributed by atoms with van der Waals surface area (Å²) in [5.74, 6) is -18.5. The van der Waals surface area contributed by atoms with E-state index in [9.17, 15) is 38.4 Å². The van der Waals surface area contributed by atoms with Crippen molar-refractivity contribution in [3.8, 4) is 103 Å². The molecule has 0 saturated heterocycles. The molecule has 0 aliphatic heterocycles. The van der Waals surface area contributed by atoms with Crippen LogP contribution in [0.1, 0.15) is 82.9 Å². The Hall–Kier alpha value is -14.1. The molecule has 26 N–H and O–H groups in total. The van der Waals surface area contributed by atoms with E-state index in [1.807, 2.05) is 0 Å². The third-order valence-corrected chi connectivity index (χ3v) is 9.94. The molecule has 34 nitrogen and oxygen atoms in total. The summed E-state index contributed by atoms with van der Waals surface area (Å²) >= 11 is 0. The third-order valence-electron chi connectivity index (χ3n) is 9.94. The molecule has 0 unspecified atom stereocenters. The number of hydrogen-bond donors (Lipinski definition) is 26. The van der Waals surface area contributed by atoms with Gasteiger partial charge in [0, 0.05) is 18.2 Å². The summed E-state index contributed by atoms with van der Waals surface area (Å²) in [4.78, 5) is 82.5. The minimum atomic E-state index is -1.42. The Morgan fingerprint density at radius 1 is 0.200 bits per heavy atom. The maximum atomic E-state index is 10.3. The normalized spacial score (nSPS) is 9.51. The minimum absolute atomic E-state index is 0.0553. The van der Waals surface area contributed by atoms with Gasteiger partial charge in [0.1, 0.15) is 85.1 Å². The molecule has 0 aliphatic rings. The van der Waals surface area contributed by atoms with Crippen LogP contribution in [0.2, 0.25) is 0 Å². The molecule has 0 aliphatic carbocycles. The average molecular weight is 1260 g/mol. The van der Waals surface area contributed by atoms with Crippen LogP contribution in [0.25, 0.3) is 0 Å². The highest BCUT2D eigenvalue weighted by Gasteiger charge is 2.18. The molecule has 0 bridgehead atoms. The molecule has 476 valence electrons. The number of phenolic OH excluding ortho intramolecular Hbond substituents is 11. The molecule has 8 aromatic rings. The Labute approximate surface area is 499 Å². The van der Waals surface area contributed by atoms with E-state index in [-0.39, 0.29) is 62.3 Å². The van der Waals surface area contributed by atoms with E-state index in [0.29, 0.717) is 0 Å². The predicted octanol–water partition coefficient (Wildman–Crippen LogP) is 5.78. The van der Waals surface area contributed by atoms with Crippen LogP contribution in [0.5, 0.6) is 103 Å². The number of benzene rings is 8. The molecule has 0 atom stereocenters. The Bertz CT molecular complexity index is 3880. The Balaban J connectivity index is 0.000000514. The van der Waals surface area contributed by atoms with Crippen molar-refractivity contribution in [1.82, 2.24) is 0 Å². The lowest BCUT2D eigenvalue weighted by atomic mass is 10.2. The third kappa shape index (κ3) is 23.3. The van der Waals surface area contributed by atoms with E-state index in [2.05, 4.69) is 0 Å². The smallest absolute Gasteiger partial charge is 0.343 e. The standard InChI is InChI=1S/2C7H6O5.6C7H6O4/c8-3-1-4(7(11)12)6(10)5(9)2-3;8-4-2-1-3(7(11)12)5(9)6(4)10;8-5-1-4(7(10)11)2-6(9)3-5;8-4-1-2-6(9)5(3-4)7(10)11;8-4-1-2-5(7(10)11)6(9)3-4;8-5-2-1-4(7(10)11)3-6(5)9;8-4-2-1-3-5(9)6(4)7(10)11;8-5-3-1-2-4(6(5)9)7(10)11/h2*1-2,8-10H,(H,11,12);6*1-3,8-9H,(H,10,11). The summed E-state index contributed by atoms with van der Waals surface area (Å²) in [6, 6.07) is 24.3. The van der Waals surface area contributed by atoms with E-state index in [4.69, 9.17) is 133 Å². The van der Waals surface area contributed by atoms with Crippen molar-refractivity contribution in [2.75, 3.05) is 0 Å². The second-order valence-corrected chi connectivity index (χ2v) is 16.3. The summed E-state index contributed by atoms with van der Waals surface area (Å²) in [6.45, 7) is 0. The van der Waals surface area contributed by atoms with Gasteiger partial charge in [-0.05, 0) is 103 Å². The predicted molar refractivity (Wildman–Crippen MR) is 297 cm³/mol. The summed E-state index contributed by atoms with van der Waals surface area (Å²) < 4.78 is 0. The van der Waals surface area contributed by atoms with Crippen molar-refractivity contribution in [1.29, 1.82) is 0 Å². The van der Waals surface area contributed by atoms with Gasteiger partial charge in [-0.2, -0.15) is 0 Å². The van der Waals surface area contributed by atoms with Crippen molar-refractivity contribution in [2.24, 2.45) is 0 Å². The fourth-order valence-corrected chi connectivity index (χ4v) is 5.73. The van der Waals surface area contributed by atoms with Crippen molar-refractivity contribution in [3.63, 3.8) is 0 Å². The number of aromatic carboxylic acids is 8. The number of carboxylic acids is 8. The van der Waals surface area contributed by atoms with Crippen LogP contribution >= 0.6 is 0 Å². The van der Waals surface area contributed by atoms with Gasteiger partial charge in [0.25, 0.3) is 0 Å². The van der Waals surface area contributed by atoms with Crippen LogP contribution < -0.4 is 0 Å². The molecule has 0 fully saturated rings. The van der Waals surface area contributed by atoms with Gasteiger partial charge in [-0.1, -0.05) is 12.1 Å². The van der Waals surface area contributed by atoms with Gasteiger partial charge < -0.3 is 133 Å². The molecule has 8 rings (SSSR count). The van der Waals surface area contributed by atoms with Crippen LogP contribution in [0, 0.1) is 0 Å². The number of hydrogen-bond acceptors (Lipinski definition) is 26. The maximum Gasteiger partial charge on any atom is 0.343 e. The molecule has 90 heavy (non-hydrogen) atoms. The lowest BCUT2D eigenvalue weighted by molar-refractivity contribution is 0.0679. The van der Waals surface area contributed by atoms with E-state index in [0.717, 1.165) is 78.9 Å². The van der Waals surface area contributed by atoms with Gasteiger partial charge in [-0.3, -0.25) is 0 Å². The summed E-state index contributed by atoms with van der Waals surface area (Å²) in [5, 5.41) is 227. The van der Waals surface area contributed by atoms with Crippen LogP contribution in [-0.4, -0.2) is 181 Å². The monoisotopic (exact) mass is 1260 g/mol. The summed E-state index contributed by atoms with van der Waals surface area (Å²) in [6.07, 6.45) is 0. The highest BCUT2D eigenvalue weighted by atomic mass is 16.4. The van der Waals surface area contributed by atoms with Gasteiger partial charge in [0.15, 0.2) is 46.0 Å². The minimum Gasteiger partial charge on any atom is -0.508 e. The Morgan fingerprint density at radius 2 is 0.578 bits per heavy atom. The molecule has 34 heteroatoms. The fraction of sp³-hybridized carbons (Fsp3) is 0. The molecule has 0 spiro atoms. The molecule has 0 aromatic heterocycles. The first-order valence-electron chi connectivity index (χ1n) is 23.2. The van der Waals surface area contributed by atoms with E-state index in [1.54, 1.807) is 0 Å². The SMILES string of the molecule is O=C(O)c1c(O)cccc1O.O=C(O)c1cc(O)cc(O)c1.O=C(O)c1cc(O)cc(O)c1O.O=C(O)c1cc(O)ccc1O.O=C(O)c1ccc(O)c(O)c1.O=C(O)c1ccc(O)c(O)c1O.O=C(O)c1ccc(O)cc1O.O=C(O)c1cccc(O)c1O. The van der Waals surface area contributed by atoms with Gasteiger partial charge in [0.2, 0.25) is 5.75 Å². The molecule has 0 amide bonds. The molecule has 0 radical (unpaired) electrons. The van der Waals surface area contributed by atoms with E-state index in [1.165, 1.54) is 54.6 Å². The molecular formula is C56H48O34. The number of phenols is 18. The van der Waals surface area contributed by atoms with Crippen LogP contribution in [0.15, 0.2) is 133 Å². The second kappa shape index (κ2) is 33.9.